The summed E-state index contributed by atoms with van der Waals surface area (Å²) in [7, 11) is 1.79. The monoisotopic (exact) mass is 296 g/mol. The van der Waals surface area contributed by atoms with Crippen LogP contribution in [0.1, 0.15) is 18.2 Å². The quantitative estimate of drug-likeness (QED) is 0.894. The third kappa shape index (κ3) is 3.37. The number of nitrogens with zero attached hydrogens (tertiary/aromatic N) is 2. The average molecular weight is 296 g/mol. The number of carbonyl (C=O) groups excluding carboxylic acids is 1. The number of likely N-dealkylation sites (N-methyl/N-ethyl adjacent to an activating group) is 1. The number of carboxylic acids is 1. The minimum absolute atomic E-state index is 0.0352. The summed E-state index contributed by atoms with van der Waals surface area (Å²) in [6.07, 6.45) is 0.601. The minimum atomic E-state index is -0.778. The number of hydrogen-bond acceptors (Lipinski definition) is 4. The van der Waals surface area contributed by atoms with Crippen molar-refractivity contribution in [3.63, 3.8) is 0 Å². The van der Waals surface area contributed by atoms with Crippen LogP contribution < -0.4 is 0 Å². The van der Waals surface area contributed by atoms with E-state index in [2.05, 4.69) is 0 Å². The van der Waals surface area contributed by atoms with Crippen LogP contribution in [0.2, 0.25) is 0 Å². The van der Waals surface area contributed by atoms with Crippen molar-refractivity contribution in [2.75, 3.05) is 26.7 Å². The van der Waals surface area contributed by atoms with Crippen LogP contribution in [0.15, 0.2) is 17.5 Å². The van der Waals surface area contributed by atoms with Gasteiger partial charge in [0.1, 0.15) is 0 Å². The number of amides is 1. The maximum absolute atomic E-state index is 12.1. The van der Waals surface area contributed by atoms with Gasteiger partial charge in [-0.3, -0.25) is 14.5 Å². The topological polar surface area (TPSA) is 60.9 Å². The first kappa shape index (κ1) is 15.0. The molecule has 0 aromatic carbocycles. The van der Waals surface area contributed by atoms with Gasteiger partial charge >= 0.3 is 5.97 Å². The van der Waals surface area contributed by atoms with Crippen molar-refractivity contribution in [1.82, 2.24) is 9.80 Å². The lowest BCUT2D eigenvalue weighted by atomic mass is 9.90. The van der Waals surface area contributed by atoms with E-state index in [4.69, 9.17) is 0 Å². The fourth-order valence-corrected chi connectivity index (χ4v) is 3.16. The molecule has 1 unspecified atom stereocenters. The van der Waals surface area contributed by atoms with Crippen molar-refractivity contribution < 1.29 is 14.7 Å². The maximum atomic E-state index is 12.1. The Morgan fingerprint density at radius 1 is 1.55 bits per heavy atom. The van der Waals surface area contributed by atoms with Crippen molar-refractivity contribution in [1.29, 1.82) is 0 Å². The van der Waals surface area contributed by atoms with Crippen molar-refractivity contribution in [3.8, 4) is 0 Å². The van der Waals surface area contributed by atoms with E-state index in [1.54, 1.807) is 30.2 Å². The molecule has 2 heterocycles. The first-order chi connectivity index (χ1) is 9.40. The fraction of sp³-hybridized carbons (Fsp3) is 0.571. The molecule has 1 aliphatic rings. The molecule has 1 fully saturated rings. The highest BCUT2D eigenvalue weighted by Crippen LogP contribution is 2.29. The van der Waals surface area contributed by atoms with Crippen LogP contribution in [-0.2, 0) is 16.1 Å². The number of thiophene rings is 1. The van der Waals surface area contributed by atoms with Crippen molar-refractivity contribution in [2.24, 2.45) is 5.41 Å². The second-order valence-corrected chi connectivity index (χ2v) is 6.69. The summed E-state index contributed by atoms with van der Waals surface area (Å²) in [6, 6.07) is 3.98. The minimum Gasteiger partial charge on any atom is -0.481 e. The largest absolute Gasteiger partial charge is 0.481 e. The van der Waals surface area contributed by atoms with Gasteiger partial charge in [0.05, 0.1) is 18.5 Å². The summed E-state index contributed by atoms with van der Waals surface area (Å²) in [4.78, 5) is 28.1. The van der Waals surface area contributed by atoms with Crippen LogP contribution in [0, 0.1) is 5.41 Å². The highest BCUT2D eigenvalue weighted by Gasteiger charge is 2.40. The third-order valence-corrected chi connectivity index (χ3v) is 4.69. The van der Waals surface area contributed by atoms with Crippen molar-refractivity contribution >= 4 is 23.2 Å². The number of hydrogen-bond donors (Lipinski definition) is 1. The predicted octanol–water partition coefficient (Wildman–Crippen LogP) is 1.50. The number of carbonyl (C=O) groups is 2. The van der Waals surface area contributed by atoms with Crippen molar-refractivity contribution in [3.05, 3.63) is 22.4 Å². The molecule has 0 bridgehead atoms. The van der Waals surface area contributed by atoms with Crippen LogP contribution >= 0.6 is 11.3 Å². The molecule has 0 aliphatic carbocycles. The second kappa shape index (κ2) is 5.93. The average Bonchev–Trinajstić information content (AvgIpc) is 3.00. The van der Waals surface area contributed by atoms with E-state index >= 15 is 0 Å². The van der Waals surface area contributed by atoms with Gasteiger partial charge in [0.15, 0.2) is 0 Å². The molecule has 20 heavy (non-hydrogen) atoms. The van der Waals surface area contributed by atoms with E-state index in [9.17, 15) is 14.7 Å². The molecule has 0 saturated carbocycles. The molecule has 6 heteroatoms. The van der Waals surface area contributed by atoms with Gasteiger partial charge < -0.3 is 10.0 Å². The number of aliphatic carboxylic acids is 1. The van der Waals surface area contributed by atoms with Gasteiger partial charge in [-0.1, -0.05) is 6.07 Å². The molecular weight excluding hydrogens is 276 g/mol. The maximum Gasteiger partial charge on any atom is 0.310 e. The second-order valence-electron chi connectivity index (χ2n) is 5.66. The first-order valence-electron chi connectivity index (χ1n) is 6.63. The fourth-order valence-electron chi connectivity index (χ4n) is 2.40. The molecule has 0 spiro atoms. The molecule has 1 aliphatic heterocycles. The lowest BCUT2D eigenvalue weighted by Crippen LogP contribution is -2.39. The van der Waals surface area contributed by atoms with Crippen molar-refractivity contribution in [2.45, 2.75) is 19.9 Å². The van der Waals surface area contributed by atoms with Gasteiger partial charge in [-0.2, -0.15) is 0 Å². The van der Waals surface area contributed by atoms with Crippen LogP contribution in [0.25, 0.3) is 0 Å². The molecule has 1 aromatic heterocycles. The Morgan fingerprint density at radius 2 is 2.30 bits per heavy atom. The summed E-state index contributed by atoms with van der Waals surface area (Å²) in [5.74, 6) is -0.743. The highest BCUT2D eigenvalue weighted by molar-refractivity contribution is 7.09. The lowest BCUT2D eigenvalue weighted by Gasteiger charge is -2.22. The van der Waals surface area contributed by atoms with E-state index in [1.165, 1.54) is 0 Å². The van der Waals surface area contributed by atoms with E-state index in [-0.39, 0.29) is 5.91 Å². The number of likely N-dealkylation sites (tertiary alicyclic amines) is 1. The van der Waals surface area contributed by atoms with Gasteiger partial charge in [0.25, 0.3) is 0 Å². The molecule has 1 N–H and O–H groups in total. The summed E-state index contributed by atoms with van der Waals surface area (Å²) in [5, 5.41) is 11.2. The summed E-state index contributed by atoms with van der Waals surface area (Å²) in [6.45, 7) is 3.77. The van der Waals surface area contributed by atoms with Crippen LogP contribution in [0.4, 0.5) is 0 Å². The molecule has 1 amide bonds. The summed E-state index contributed by atoms with van der Waals surface area (Å²) in [5.41, 5.74) is -0.716. The van der Waals surface area contributed by atoms with E-state index in [1.807, 2.05) is 22.4 Å². The van der Waals surface area contributed by atoms with E-state index in [0.29, 0.717) is 32.6 Å². The Morgan fingerprint density at radius 3 is 2.85 bits per heavy atom. The number of carboxylic acid groups (broad SMARTS) is 1. The summed E-state index contributed by atoms with van der Waals surface area (Å²) < 4.78 is 0. The zero-order valence-corrected chi connectivity index (χ0v) is 12.7. The van der Waals surface area contributed by atoms with E-state index < -0.39 is 11.4 Å². The van der Waals surface area contributed by atoms with Gasteiger partial charge in [0, 0.05) is 18.5 Å². The smallest absolute Gasteiger partial charge is 0.310 e. The molecule has 2 rings (SSSR count). The predicted molar refractivity (Wildman–Crippen MR) is 77.6 cm³/mol. The molecular formula is C14H20N2O3S. The zero-order chi connectivity index (χ0) is 14.8. The molecule has 1 saturated heterocycles. The van der Waals surface area contributed by atoms with Crippen LogP contribution in [0.3, 0.4) is 0 Å². The molecule has 0 radical (unpaired) electrons. The van der Waals surface area contributed by atoms with Gasteiger partial charge in [-0.25, -0.2) is 0 Å². The Kier molecular flexibility index (Phi) is 4.45. The Bertz CT molecular complexity index is 489. The lowest BCUT2D eigenvalue weighted by molar-refractivity contribution is -0.147. The molecule has 1 atom stereocenters. The van der Waals surface area contributed by atoms with Gasteiger partial charge in [-0.15, -0.1) is 11.3 Å². The molecule has 110 valence electrons. The number of rotatable bonds is 5. The first-order valence-corrected chi connectivity index (χ1v) is 7.51. The SMILES string of the molecule is CN(Cc1cccs1)C(=O)CN1CCC(C)(C(=O)O)C1. The summed E-state index contributed by atoms with van der Waals surface area (Å²) >= 11 is 1.63. The van der Waals surface area contributed by atoms with Crippen LogP contribution in [0.5, 0.6) is 0 Å². The van der Waals surface area contributed by atoms with Gasteiger partial charge in [0.2, 0.25) is 5.91 Å². The molecule has 5 nitrogen and oxygen atoms in total. The normalized spacial score (nSPS) is 22.9. The highest BCUT2D eigenvalue weighted by atomic mass is 32.1. The van der Waals surface area contributed by atoms with Gasteiger partial charge in [-0.05, 0) is 31.3 Å². The Balaban J connectivity index is 1.85. The molecule has 1 aromatic rings. The Labute approximate surface area is 122 Å². The standard InChI is InChI=1S/C14H20N2O3S/c1-14(13(18)19)5-6-16(10-14)9-12(17)15(2)8-11-4-3-7-20-11/h3-4,7H,5-6,8-10H2,1-2H3,(H,18,19). The third-order valence-electron chi connectivity index (χ3n) is 3.83. The van der Waals surface area contributed by atoms with Crippen LogP contribution in [-0.4, -0.2) is 53.5 Å². The van der Waals surface area contributed by atoms with E-state index in [0.717, 1.165) is 4.88 Å². The zero-order valence-electron chi connectivity index (χ0n) is 11.8. The Hall–Kier alpha value is -1.40.